The van der Waals surface area contributed by atoms with E-state index in [2.05, 4.69) is 17.1 Å². The molecular formula is C20H18ClN3O2. The Morgan fingerprint density at radius 1 is 1.15 bits per heavy atom. The maximum Gasteiger partial charge on any atom is 0.232 e. The number of carbonyl (C=O) groups is 1. The molecule has 0 N–H and O–H groups in total. The number of hydrogen-bond acceptors (Lipinski definition) is 4. The normalized spacial score (nSPS) is 17.1. The maximum atomic E-state index is 12.5. The first-order chi connectivity index (χ1) is 12.5. The lowest BCUT2D eigenvalue weighted by Gasteiger charge is -2.17. The van der Waals surface area contributed by atoms with E-state index < -0.39 is 0 Å². The first kappa shape index (κ1) is 16.8. The molecule has 2 aromatic carbocycles. The third kappa shape index (κ3) is 2.99. The highest BCUT2D eigenvalue weighted by Crippen LogP contribution is 2.33. The molecule has 1 atom stereocenters. The summed E-state index contributed by atoms with van der Waals surface area (Å²) in [6.45, 7) is 4.64. The first-order valence-electron chi connectivity index (χ1n) is 8.49. The molecule has 5 nitrogen and oxygen atoms in total. The Morgan fingerprint density at radius 3 is 2.73 bits per heavy atom. The molecule has 3 aromatic rings. The molecule has 0 radical (unpaired) electrons. The molecule has 132 valence electrons. The second-order valence-electron chi connectivity index (χ2n) is 6.61. The van der Waals surface area contributed by atoms with Crippen LogP contribution in [0.4, 0.5) is 5.69 Å². The monoisotopic (exact) mass is 367 g/mol. The van der Waals surface area contributed by atoms with Crippen molar-refractivity contribution in [2.75, 3.05) is 11.4 Å². The van der Waals surface area contributed by atoms with Crippen LogP contribution in [0.3, 0.4) is 0 Å². The minimum absolute atomic E-state index is 0.0655. The summed E-state index contributed by atoms with van der Waals surface area (Å²) >= 11 is 6.20. The molecule has 1 aliphatic rings. The first-order valence-corrected chi connectivity index (χ1v) is 8.87. The number of amides is 1. The fourth-order valence-electron chi connectivity index (χ4n) is 3.17. The van der Waals surface area contributed by atoms with E-state index >= 15 is 0 Å². The summed E-state index contributed by atoms with van der Waals surface area (Å²) in [5.41, 5.74) is 4.00. The Hall–Kier alpha value is -2.66. The number of anilines is 1. The van der Waals surface area contributed by atoms with Gasteiger partial charge in [-0.1, -0.05) is 35.0 Å². The Bertz CT molecular complexity index is 983. The van der Waals surface area contributed by atoms with Crippen molar-refractivity contribution in [3.05, 3.63) is 64.5 Å². The van der Waals surface area contributed by atoms with Crippen molar-refractivity contribution in [3.63, 3.8) is 0 Å². The SMILES string of the molecule is Cc1ccc(N2CC(c3nc(-c4ccccc4Cl)no3)CC2=O)cc1C. The zero-order chi connectivity index (χ0) is 18.3. The highest BCUT2D eigenvalue weighted by molar-refractivity contribution is 6.33. The Kier molecular flexibility index (Phi) is 4.24. The topological polar surface area (TPSA) is 59.2 Å². The predicted molar refractivity (Wildman–Crippen MR) is 100 cm³/mol. The lowest BCUT2D eigenvalue weighted by Crippen LogP contribution is -2.24. The quantitative estimate of drug-likeness (QED) is 0.682. The highest BCUT2D eigenvalue weighted by Gasteiger charge is 2.35. The van der Waals surface area contributed by atoms with Crippen molar-refractivity contribution in [1.29, 1.82) is 0 Å². The van der Waals surface area contributed by atoms with E-state index in [4.69, 9.17) is 16.1 Å². The van der Waals surface area contributed by atoms with Crippen LogP contribution in [0.5, 0.6) is 0 Å². The van der Waals surface area contributed by atoms with E-state index in [0.717, 1.165) is 16.8 Å². The zero-order valence-electron chi connectivity index (χ0n) is 14.6. The van der Waals surface area contributed by atoms with E-state index in [1.165, 1.54) is 5.56 Å². The molecule has 1 amide bonds. The number of aromatic nitrogens is 2. The number of nitrogens with zero attached hydrogens (tertiary/aromatic N) is 3. The largest absolute Gasteiger partial charge is 0.339 e. The van der Waals surface area contributed by atoms with Crippen LogP contribution in [0.15, 0.2) is 47.0 Å². The molecule has 0 spiro atoms. The summed E-state index contributed by atoms with van der Waals surface area (Å²) in [4.78, 5) is 18.8. The fraction of sp³-hybridized carbons (Fsp3) is 0.250. The van der Waals surface area contributed by atoms with Crippen molar-refractivity contribution >= 4 is 23.2 Å². The van der Waals surface area contributed by atoms with Gasteiger partial charge in [-0.3, -0.25) is 4.79 Å². The van der Waals surface area contributed by atoms with Gasteiger partial charge in [0.05, 0.1) is 10.9 Å². The molecule has 1 fully saturated rings. The van der Waals surface area contributed by atoms with Gasteiger partial charge in [-0.15, -0.1) is 0 Å². The molecule has 1 saturated heterocycles. The van der Waals surface area contributed by atoms with Crippen LogP contribution in [0, 0.1) is 13.8 Å². The summed E-state index contributed by atoms with van der Waals surface area (Å²) in [5, 5.41) is 4.61. The summed E-state index contributed by atoms with van der Waals surface area (Å²) in [6.07, 6.45) is 0.358. The molecule has 26 heavy (non-hydrogen) atoms. The highest BCUT2D eigenvalue weighted by atomic mass is 35.5. The van der Waals surface area contributed by atoms with Gasteiger partial charge < -0.3 is 9.42 Å². The number of aryl methyl sites for hydroxylation is 2. The van der Waals surface area contributed by atoms with Crippen LogP contribution in [0.1, 0.15) is 29.4 Å². The van der Waals surface area contributed by atoms with Gasteiger partial charge in [0.25, 0.3) is 0 Å². The molecule has 0 aliphatic carbocycles. The van der Waals surface area contributed by atoms with Crippen LogP contribution >= 0.6 is 11.6 Å². The average Bonchev–Trinajstić information content (AvgIpc) is 3.25. The van der Waals surface area contributed by atoms with Gasteiger partial charge in [0.1, 0.15) is 0 Å². The molecule has 1 unspecified atom stereocenters. The van der Waals surface area contributed by atoms with Gasteiger partial charge in [-0.2, -0.15) is 4.98 Å². The fourth-order valence-corrected chi connectivity index (χ4v) is 3.39. The van der Waals surface area contributed by atoms with Crippen LogP contribution in [0.2, 0.25) is 5.02 Å². The summed E-state index contributed by atoms with van der Waals surface area (Å²) < 4.78 is 5.43. The van der Waals surface area contributed by atoms with Crippen molar-refractivity contribution in [2.24, 2.45) is 0 Å². The predicted octanol–water partition coefficient (Wildman–Crippen LogP) is 4.53. The number of carbonyl (C=O) groups excluding carboxylic acids is 1. The van der Waals surface area contributed by atoms with Crippen LogP contribution in [0.25, 0.3) is 11.4 Å². The van der Waals surface area contributed by atoms with Crippen molar-refractivity contribution in [2.45, 2.75) is 26.2 Å². The van der Waals surface area contributed by atoms with E-state index in [1.54, 1.807) is 11.0 Å². The van der Waals surface area contributed by atoms with Crippen molar-refractivity contribution < 1.29 is 9.32 Å². The summed E-state index contributed by atoms with van der Waals surface area (Å²) in [6, 6.07) is 13.4. The molecule has 0 saturated carbocycles. The maximum absolute atomic E-state index is 12.5. The van der Waals surface area contributed by atoms with Crippen molar-refractivity contribution in [1.82, 2.24) is 10.1 Å². The third-order valence-corrected chi connectivity index (χ3v) is 5.16. The van der Waals surface area contributed by atoms with E-state index in [0.29, 0.717) is 29.7 Å². The smallest absolute Gasteiger partial charge is 0.232 e. The Labute approximate surface area is 156 Å². The number of halogens is 1. The van der Waals surface area contributed by atoms with Crippen molar-refractivity contribution in [3.8, 4) is 11.4 Å². The lowest BCUT2D eigenvalue weighted by molar-refractivity contribution is -0.117. The molecular weight excluding hydrogens is 350 g/mol. The summed E-state index contributed by atoms with van der Waals surface area (Å²) in [5.74, 6) is 0.867. The zero-order valence-corrected chi connectivity index (χ0v) is 15.3. The second kappa shape index (κ2) is 6.57. The van der Waals surface area contributed by atoms with Gasteiger partial charge in [0.2, 0.25) is 17.6 Å². The number of hydrogen-bond donors (Lipinski definition) is 0. The standard InChI is InChI=1S/C20H18ClN3O2/c1-12-7-8-15(9-13(12)2)24-11-14(10-18(24)25)20-22-19(23-26-20)16-5-3-4-6-17(16)21/h3-9,14H,10-11H2,1-2H3. The second-order valence-corrected chi connectivity index (χ2v) is 7.02. The van der Waals surface area contributed by atoms with E-state index in [9.17, 15) is 4.79 Å². The molecule has 4 rings (SSSR count). The average molecular weight is 368 g/mol. The van der Waals surface area contributed by atoms with Gasteiger partial charge >= 0.3 is 0 Å². The van der Waals surface area contributed by atoms with Gasteiger partial charge in [0, 0.05) is 24.2 Å². The Morgan fingerprint density at radius 2 is 1.96 bits per heavy atom. The van der Waals surface area contributed by atoms with Gasteiger partial charge in [-0.05, 0) is 49.2 Å². The number of rotatable bonds is 3. The van der Waals surface area contributed by atoms with Crippen LogP contribution in [-0.4, -0.2) is 22.6 Å². The molecule has 1 aliphatic heterocycles. The molecule has 2 heterocycles. The van der Waals surface area contributed by atoms with Gasteiger partial charge in [-0.25, -0.2) is 0 Å². The van der Waals surface area contributed by atoms with E-state index in [1.807, 2.05) is 43.3 Å². The molecule has 6 heteroatoms. The van der Waals surface area contributed by atoms with Gasteiger partial charge in [0.15, 0.2) is 0 Å². The summed E-state index contributed by atoms with van der Waals surface area (Å²) in [7, 11) is 0. The Balaban J connectivity index is 1.58. The number of benzene rings is 2. The third-order valence-electron chi connectivity index (χ3n) is 4.83. The minimum Gasteiger partial charge on any atom is -0.339 e. The van der Waals surface area contributed by atoms with E-state index in [-0.39, 0.29) is 11.8 Å². The van der Waals surface area contributed by atoms with Crippen LogP contribution in [-0.2, 0) is 4.79 Å². The molecule has 0 bridgehead atoms. The lowest BCUT2D eigenvalue weighted by atomic mass is 10.1. The minimum atomic E-state index is -0.118. The van der Waals surface area contributed by atoms with Crippen LogP contribution < -0.4 is 4.90 Å². The molecule has 1 aromatic heterocycles.